The molecule has 0 fully saturated rings. The van der Waals surface area contributed by atoms with Crippen molar-refractivity contribution in [3.63, 3.8) is 0 Å². The fourth-order valence-electron chi connectivity index (χ4n) is 2.00. The number of alkyl halides is 3. The van der Waals surface area contributed by atoms with E-state index in [-0.39, 0.29) is 11.8 Å². The highest BCUT2D eigenvalue weighted by atomic mass is 19.4. The van der Waals surface area contributed by atoms with Crippen LogP contribution >= 0.6 is 0 Å². The van der Waals surface area contributed by atoms with Gasteiger partial charge in [-0.1, -0.05) is 48.5 Å². The smallest absolute Gasteiger partial charge is 0.405 e. The van der Waals surface area contributed by atoms with Gasteiger partial charge in [-0.05, 0) is 18.6 Å². The lowest BCUT2D eigenvalue weighted by Crippen LogP contribution is -2.21. The van der Waals surface area contributed by atoms with Gasteiger partial charge in [-0.2, -0.15) is 0 Å². The molecule has 1 N–H and O–H groups in total. The molecule has 0 unspecified atom stereocenters. The number of hydrogen-bond acceptors (Lipinski definition) is 2. The normalized spacial score (nSPS) is 13.0. The first kappa shape index (κ1) is 15.4. The molecule has 0 aliphatic heterocycles. The van der Waals surface area contributed by atoms with E-state index in [9.17, 15) is 13.2 Å². The quantitative estimate of drug-likeness (QED) is 0.880. The van der Waals surface area contributed by atoms with Crippen molar-refractivity contribution in [1.82, 2.24) is 5.32 Å². The Morgan fingerprint density at radius 1 is 1.00 bits per heavy atom. The molecule has 21 heavy (non-hydrogen) atoms. The monoisotopic (exact) mass is 295 g/mol. The van der Waals surface area contributed by atoms with Crippen molar-refractivity contribution in [2.45, 2.75) is 25.9 Å². The first-order chi connectivity index (χ1) is 9.96. The number of halogens is 3. The van der Waals surface area contributed by atoms with Crippen LogP contribution in [0.4, 0.5) is 13.2 Å². The summed E-state index contributed by atoms with van der Waals surface area (Å²) in [5.74, 6) is -0.169. The maximum atomic E-state index is 12.3. The van der Waals surface area contributed by atoms with E-state index in [1.807, 2.05) is 37.3 Å². The lowest BCUT2D eigenvalue weighted by atomic mass is 10.1. The first-order valence-corrected chi connectivity index (χ1v) is 6.58. The molecule has 2 nitrogen and oxygen atoms in total. The van der Waals surface area contributed by atoms with Gasteiger partial charge in [0.2, 0.25) is 0 Å². The summed E-state index contributed by atoms with van der Waals surface area (Å²) >= 11 is 0. The summed E-state index contributed by atoms with van der Waals surface area (Å²) < 4.78 is 41.1. The van der Waals surface area contributed by atoms with Crippen LogP contribution in [0.5, 0.6) is 5.75 Å². The molecule has 0 heterocycles. The zero-order chi connectivity index (χ0) is 15.3. The van der Waals surface area contributed by atoms with Crippen LogP contribution in [0.25, 0.3) is 0 Å². The molecule has 5 heteroatoms. The van der Waals surface area contributed by atoms with Crippen molar-refractivity contribution in [2.75, 3.05) is 0 Å². The summed E-state index contributed by atoms with van der Waals surface area (Å²) in [6.07, 6.45) is -4.68. The van der Waals surface area contributed by atoms with Crippen LogP contribution in [-0.2, 0) is 6.54 Å². The van der Waals surface area contributed by atoms with Crippen LogP contribution in [0.3, 0.4) is 0 Å². The minimum absolute atomic E-state index is 0.0325. The molecule has 0 saturated carbocycles. The zero-order valence-electron chi connectivity index (χ0n) is 11.5. The summed E-state index contributed by atoms with van der Waals surface area (Å²) in [5.41, 5.74) is 1.55. The Morgan fingerprint density at radius 3 is 2.29 bits per heavy atom. The van der Waals surface area contributed by atoms with Gasteiger partial charge in [-0.3, -0.25) is 0 Å². The Labute approximate surface area is 121 Å². The minimum atomic E-state index is -4.68. The van der Waals surface area contributed by atoms with Gasteiger partial charge < -0.3 is 10.1 Å². The third-order valence-corrected chi connectivity index (χ3v) is 3.10. The molecule has 2 aromatic carbocycles. The van der Waals surface area contributed by atoms with E-state index in [4.69, 9.17) is 0 Å². The van der Waals surface area contributed by atoms with Crippen LogP contribution in [0.2, 0.25) is 0 Å². The van der Waals surface area contributed by atoms with Crippen LogP contribution < -0.4 is 10.1 Å². The summed E-state index contributed by atoms with van der Waals surface area (Å²) in [7, 11) is 0. The van der Waals surface area contributed by atoms with Gasteiger partial charge in [0.1, 0.15) is 5.75 Å². The second kappa shape index (κ2) is 6.63. The molecule has 2 rings (SSSR count). The first-order valence-electron chi connectivity index (χ1n) is 6.58. The molecule has 0 amide bonds. The topological polar surface area (TPSA) is 21.3 Å². The minimum Gasteiger partial charge on any atom is -0.405 e. The predicted octanol–water partition coefficient (Wildman–Crippen LogP) is 4.44. The predicted molar refractivity (Wildman–Crippen MR) is 74.8 cm³/mol. The van der Waals surface area contributed by atoms with Gasteiger partial charge in [0.15, 0.2) is 0 Å². The summed E-state index contributed by atoms with van der Waals surface area (Å²) in [6, 6.07) is 15.9. The van der Waals surface area contributed by atoms with Crippen LogP contribution in [0.1, 0.15) is 24.1 Å². The van der Waals surface area contributed by atoms with Crippen molar-refractivity contribution < 1.29 is 17.9 Å². The highest BCUT2D eigenvalue weighted by Gasteiger charge is 2.31. The maximum absolute atomic E-state index is 12.3. The molecule has 0 bridgehead atoms. The van der Waals surface area contributed by atoms with E-state index < -0.39 is 6.36 Å². The largest absolute Gasteiger partial charge is 0.573 e. The van der Waals surface area contributed by atoms with Crippen molar-refractivity contribution in [3.05, 3.63) is 65.7 Å². The lowest BCUT2D eigenvalue weighted by Gasteiger charge is -2.17. The van der Waals surface area contributed by atoms with E-state index in [0.29, 0.717) is 12.1 Å². The second-order valence-electron chi connectivity index (χ2n) is 4.67. The fourth-order valence-corrected chi connectivity index (χ4v) is 2.00. The Kier molecular flexibility index (Phi) is 4.85. The molecular weight excluding hydrogens is 279 g/mol. The van der Waals surface area contributed by atoms with Crippen molar-refractivity contribution >= 4 is 0 Å². The van der Waals surface area contributed by atoms with E-state index in [1.54, 1.807) is 12.1 Å². The van der Waals surface area contributed by atoms with Crippen LogP contribution in [-0.4, -0.2) is 6.36 Å². The molecule has 2 aromatic rings. The van der Waals surface area contributed by atoms with Crippen molar-refractivity contribution in [1.29, 1.82) is 0 Å². The number of rotatable bonds is 5. The zero-order valence-corrected chi connectivity index (χ0v) is 11.5. The molecule has 0 aliphatic rings. The highest BCUT2D eigenvalue weighted by molar-refractivity contribution is 5.33. The molecule has 0 saturated heterocycles. The summed E-state index contributed by atoms with van der Waals surface area (Å²) in [5, 5.41) is 3.19. The molecule has 112 valence electrons. The van der Waals surface area contributed by atoms with Crippen molar-refractivity contribution in [2.24, 2.45) is 0 Å². The number of benzene rings is 2. The maximum Gasteiger partial charge on any atom is 0.573 e. The Bertz CT molecular complexity index is 569. The van der Waals surface area contributed by atoms with Gasteiger partial charge in [-0.15, -0.1) is 13.2 Å². The van der Waals surface area contributed by atoms with Gasteiger partial charge in [0, 0.05) is 18.2 Å². The standard InChI is InChI=1S/C16H16F3NO/c1-12(13-7-3-2-4-8-13)20-11-14-9-5-6-10-15(14)21-16(17,18)19/h2-10,12,20H,11H2,1H3/t12-/m0/s1. The Hall–Kier alpha value is -2.01. The van der Waals surface area contributed by atoms with E-state index in [1.165, 1.54) is 12.1 Å². The molecule has 1 atom stereocenters. The molecule has 0 aliphatic carbocycles. The van der Waals surface area contributed by atoms with E-state index >= 15 is 0 Å². The highest BCUT2D eigenvalue weighted by Crippen LogP contribution is 2.26. The average molecular weight is 295 g/mol. The molecule has 0 radical (unpaired) electrons. The number of para-hydroxylation sites is 1. The van der Waals surface area contributed by atoms with Gasteiger partial charge in [0.25, 0.3) is 0 Å². The second-order valence-corrected chi connectivity index (χ2v) is 4.67. The van der Waals surface area contributed by atoms with Gasteiger partial charge >= 0.3 is 6.36 Å². The fraction of sp³-hybridized carbons (Fsp3) is 0.250. The SMILES string of the molecule is C[C@H](NCc1ccccc1OC(F)(F)F)c1ccccc1. The average Bonchev–Trinajstić information content (AvgIpc) is 2.45. The third-order valence-electron chi connectivity index (χ3n) is 3.10. The Balaban J connectivity index is 2.03. The van der Waals surface area contributed by atoms with Crippen molar-refractivity contribution in [3.8, 4) is 5.75 Å². The lowest BCUT2D eigenvalue weighted by molar-refractivity contribution is -0.274. The number of hydrogen-bond donors (Lipinski definition) is 1. The van der Waals surface area contributed by atoms with E-state index in [2.05, 4.69) is 10.1 Å². The molecule has 0 aromatic heterocycles. The molecule has 0 spiro atoms. The third kappa shape index (κ3) is 4.79. The number of nitrogens with one attached hydrogen (secondary N) is 1. The number of ether oxygens (including phenoxy) is 1. The van der Waals surface area contributed by atoms with Crippen LogP contribution in [0, 0.1) is 0 Å². The summed E-state index contributed by atoms with van der Waals surface area (Å²) in [4.78, 5) is 0. The van der Waals surface area contributed by atoms with E-state index in [0.717, 1.165) is 5.56 Å². The Morgan fingerprint density at radius 2 is 1.62 bits per heavy atom. The van der Waals surface area contributed by atoms with Crippen LogP contribution in [0.15, 0.2) is 54.6 Å². The van der Waals surface area contributed by atoms with Gasteiger partial charge in [0.05, 0.1) is 0 Å². The molecular formula is C16H16F3NO. The summed E-state index contributed by atoms with van der Waals surface area (Å²) in [6.45, 7) is 2.25. The van der Waals surface area contributed by atoms with Gasteiger partial charge in [-0.25, -0.2) is 0 Å².